The van der Waals surface area contributed by atoms with Gasteiger partial charge in [-0.05, 0) is 16.8 Å². The highest BCUT2D eigenvalue weighted by Gasteiger charge is 2.37. The first kappa shape index (κ1) is 13.9. The summed E-state index contributed by atoms with van der Waals surface area (Å²) in [6.07, 6.45) is -0.475. The van der Waals surface area contributed by atoms with Crippen LogP contribution in [0.25, 0.3) is 10.8 Å². The maximum Gasteiger partial charge on any atom is 0.125 e. The Balaban J connectivity index is 0.000000637. The van der Waals surface area contributed by atoms with Crippen LogP contribution in [0.3, 0.4) is 0 Å². The molecule has 0 amide bonds. The van der Waals surface area contributed by atoms with Gasteiger partial charge in [0.1, 0.15) is 5.75 Å². The van der Waals surface area contributed by atoms with Crippen LogP contribution in [-0.4, -0.2) is 11.7 Å². The first-order valence-corrected chi connectivity index (χ1v) is 6.92. The van der Waals surface area contributed by atoms with Crippen molar-refractivity contribution in [3.05, 3.63) is 42.0 Å². The summed E-state index contributed by atoms with van der Waals surface area (Å²) in [6, 6.07) is 12.1. The third-order valence-electron chi connectivity index (χ3n) is 3.54. The predicted molar refractivity (Wildman–Crippen MR) is 79.5 cm³/mol. The monoisotopic (exact) mass is 258 g/mol. The van der Waals surface area contributed by atoms with Crippen molar-refractivity contribution in [3.8, 4) is 5.75 Å². The van der Waals surface area contributed by atoms with Crippen LogP contribution in [0, 0.1) is 5.41 Å². The molecule has 1 aliphatic heterocycles. The second kappa shape index (κ2) is 5.22. The smallest absolute Gasteiger partial charge is 0.125 e. The average molecular weight is 258 g/mol. The van der Waals surface area contributed by atoms with Crippen molar-refractivity contribution < 1.29 is 9.84 Å². The van der Waals surface area contributed by atoms with Gasteiger partial charge in [-0.15, -0.1) is 0 Å². The summed E-state index contributed by atoms with van der Waals surface area (Å²) in [5.74, 6) is 0.815. The molecule has 1 N–H and O–H groups in total. The minimum absolute atomic E-state index is 0.239. The van der Waals surface area contributed by atoms with Crippen molar-refractivity contribution in [3.63, 3.8) is 0 Å². The average Bonchev–Trinajstić information content (AvgIpc) is 2.45. The SMILES string of the molecule is CC.CC1(C)COc2ccc3ccccc3c2C1O. The Morgan fingerprint density at radius 3 is 2.53 bits per heavy atom. The van der Waals surface area contributed by atoms with Crippen LogP contribution >= 0.6 is 0 Å². The predicted octanol–water partition coefficient (Wildman–Crippen LogP) is 4.32. The number of rotatable bonds is 0. The highest BCUT2D eigenvalue weighted by molar-refractivity contribution is 5.88. The number of hydrogen-bond donors (Lipinski definition) is 1. The summed E-state index contributed by atoms with van der Waals surface area (Å²) < 4.78 is 5.76. The summed E-state index contributed by atoms with van der Waals surface area (Å²) >= 11 is 0. The van der Waals surface area contributed by atoms with E-state index in [2.05, 4.69) is 6.07 Å². The zero-order valence-corrected chi connectivity index (χ0v) is 12.1. The summed E-state index contributed by atoms with van der Waals surface area (Å²) in [4.78, 5) is 0. The molecule has 0 fully saturated rings. The molecule has 0 spiro atoms. The van der Waals surface area contributed by atoms with Gasteiger partial charge in [-0.3, -0.25) is 0 Å². The van der Waals surface area contributed by atoms with E-state index in [0.717, 1.165) is 22.1 Å². The first-order chi connectivity index (χ1) is 9.09. The Kier molecular flexibility index (Phi) is 3.81. The van der Waals surface area contributed by atoms with Crippen LogP contribution in [0.2, 0.25) is 0 Å². The lowest BCUT2D eigenvalue weighted by molar-refractivity contribution is -0.00590. The molecule has 0 saturated carbocycles. The van der Waals surface area contributed by atoms with Gasteiger partial charge in [0, 0.05) is 11.0 Å². The van der Waals surface area contributed by atoms with E-state index in [1.165, 1.54) is 0 Å². The zero-order valence-electron chi connectivity index (χ0n) is 12.1. The third kappa shape index (κ3) is 2.33. The van der Waals surface area contributed by atoms with Gasteiger partial charge in [0.05, 0.1) is 12.7 Å². The summed E-state index contributed by atoms with van der Waals surface area (Å²) in [6.45, 7) is 8.62. The standard InChI is InChI=1S/C15H16O2.C2H6/c1-15(2)9-17-12-8-7-10-5-3-4-6-11(10)13(12)14(15)16;1-2/h3-8,14,16H,9H2,1-2H3;1-2H3. The van der Waals surface area contributed by atoms with Crippen molar-refractivity contribution in [2.45, 2.75) is 33.8 Å². The largest absolute Gasteiger partial charge is 0.493 e. The molecule has 0 saturated heterocycles. The number of fused-ring (bicyclic) bond motifs is 3. The molecule has 1 heterocycles. The minimum Gasteiger partial charge on any atom is -0.493 e. The molecule has 1 atom stereocenters. The van der Waals surface area contributed by atoms with E-state index in [1.807, 2.05) is 58.0 Å². The van der Waals surface area contributed by atoms with Gasteiger partial charge >= 0.3 is 0 Å². The lowest BCUT2D eigenvalue weighted by atomic mass is 9.79. The van der Waals surface area contributed by atoms with E-state index in [9.17, 15) is 5.11 Å². The van der Waals surface area contributed by atoms with Gasteiger partial charge in [-0.1, -0.05) is 58.0 Å². The van der Waals surface area contributed by atoms with E-state index in [4.69, 9.17) is 4.74 Å². The zero-order chi connectivity index (χ0) is 14.0. The molecule has 2 nitrogen and oxygen atoms in total. The fraction of sp³-hybridized carbons (Fsp3) is 0.412. The van der Waals surface area contributed by atoms with Crippen molar-refractivity contribution in [1.29, 1.82) is 0 Å². The molecule has 0 bridgehead atoms. The Bertz CT molecular complexity index is 572. The van der Waals surface area contributed by atoms with E-state index in [-0.39, 0.29) is 5.41 Å². The van der Waals surface area contributed by atoms with Gasteiger partial charge < -0.3 is 9.84 Å². The van der Waals surface area contributed by atoms with Crippen molar-refractivity contribution in [2.75, 3.05) is 6.61 Å². The van der Waals surface area contributed by atoms with Crippen LogP contribution in [-0.2, 0) is 0 Å². The summed E-state index contributed by atoms with van der Waals surface area (Å²) in [7, 11) is 0. The molecule has 0 aliphatic carbocycles. The van der Waals surface area contributed by atoms with Crippen molar-refractivity contribution in [1.82, 2.24) is 0 Å². The first-order valence-electron chi connectivity index (χ1n) is 6.92. The number of aliphatic hydroxyl groups is 1. The minimum atomic E-state index is -0.475. The van der Waals surface area contributed by atoms with Crippen LogP contribution < -0.4 is 4.74 Å². The van der Waals surface area contributed by atoms with Crippen LogP contribution in [0.15, 0.2) is 36.4 Å². The molecular formula is C17H22O2. The summed E-state index contributed by atoms with van der Waals surface area (Å²) in [5, 5.41) is 12.7. The Morgan fingerprint density at radius 1 is 1.11 bits per heavy atom. The molecule has 19 heavy (non-hydrogen) atoms. The fourth-order valence-corrected chi connectivity index (χ4v) is 2.42. The van der Waals surface area contributed by atoms with Crippen molar-refractivity contribution >= 4 is 10.8 Å². The van der Waals surface area contributed by atoms with Crippen molar-refractivity contribution in [2.24, 2.45) is 5.41 Å². The number of hydrogen-bond acceptors (Lipinski definition) is 2. The molecule has 3 rings (SSSR count). The Labute approximate surface area is 115 Å². The van der Waals surface area contributed by atoms with E-state index in [1.54, 1.807) is 0 Å². The highest BCUT2D eigenvalue weighted by Crippen LogP contribution is 2.45. The highest BCUT2D eigenvalue weighted by atomic mass is 16.5. The molecule has 1 aliphatic rings. The normalized spacial score (nSPS) is 19.9. The molecule has 2 heteroatoms. The van der Waals surface area contributed by atoms with Gasteiger partial charge in [0.2, 0.25) is 0 Å². The number of benzene rings is 2. The maximum atomic E-state index is 10.5. The second-order valence-corrected chi connectivity index (χ2v) is 5.38. The summed E-state index contributed by atoms with van der Waals surface area (Å²) in [5.41, 5.74) is 0.691. The second-order valence-electron chi connectivity index (χ2n) is 5.38. The van der Waals surface area contributed by atoms with E-state index >= 15 is 0 Å². The molecule has 2 aromatic carbocycles. The molecule has 102 valence electrons. The fourth-order valence-electron chi connectivity index (χ4n) is 2.42. The van der Waals surface area contributed by atoms with E-state index in [0.29, 0.717) is 6.61 Å². The van der Waals surface area contributed by atoms with Crippen LogP contribution in [0.1, 0.15) is 39.4 Å². The van der Waals surface area contributed by atoms with Gasteiger partial charge in [0.15, 0.2) is 0 Å². The topological polar surface area (TPSA) is 29.5 Å². The Morgan fingerprint density at radius 2 is 1.79 bits per heavy atom. The number of aliphatic hydroxyl groups excluding tert-OH is 1. The van der Waals surface area contributed by atoms with Crippen LogP contribution in [0.5, 0.6) is 5.75 Å². The quantitative estimate of drug-likeness (QED) is 0.762. The molecule has 2 aromatic rings. The number of ether oxygens (including phenoxy) is 1. The lowest BCUT2D eigenvalue weighted by Crippen LogP contribution is -2.33. The van der Waals surface area contributed by atoms with Gasteiger partial charge in [-0.25, -0.2) is 0 Å². The van der Waals surface area contributed by atoms with E-state index < -0.39 is 6.10 Å². The molecular weight excluding hydrogens is 236 g/mol. The Hall–Kier alpha value is -1.54. The third-order valence-corrected chi connectivity index (χ3v) is 3.54. The maximum absolute atomic E-state index is 10.5. The molecule has 0 radical (unpaired) electrons. The lowest BCUT2D eigenvalue weighted by Gasteiger charge is -2.37. The molecule has 1 unspecified atom stereocenters. The van der Waals surface area contributed by atoms with Gasteiger partial charge in [-0.2, -0.15) is 0 Å². The van der Waals surface area contributed by atoms with Crippen LogP contribution in [0.4, 0.5) is 0 Å². The van der Waals surface area contributed by atoms with Gasteiger partial charge in [0.25, 0.3) is 0 Å². The molecule has 0 aromatic heterocycles.